The number of Topliss-reactive ketones (excluding diaryl/α,β-unsaturated/α-hetero) is 1. The topological polar surface area (TPSA) is 113 Å². The van der Waals surface area contributed by atoms with Gasteiger partial charge in [0, 0.05) is 19.3 Å². The molecule has 0 aliphatic heterocycles. The number of hydrogen-bond donors (Lipinski definition) is 1. The first-order valence-corrected chi connectivity index (χ1v) is 6.01. The summed E-state index contributed by atoms with van der Waals surface area (Å²) in [6.07, 6.45) is -1.83. The number of nitro groups is 1. The van der Waals surface area contributed by atoms with Gasteiger partial charge in [0.05, 0.1) is 16.7 Å². The van der Waals surface area contributed by atoms with Gasteiger partial charge in [-0.15, -0.1) is 0 Å². The number of para-hydroxylation sites is 1. The first kappa shape index (κ1) is 17.9. The van der Waals surface area contributed by atoms with Crippen LogP contribution < -0.4 is 0 Å². The number of carbonyl (C=O) groups excluding carboxylic acids is 1. The van der Waals surface area contributed by atoms with Crippen LogP contribution in [0.5, 0.6) is 0 Å². The maximum Gasteiger partial charge on any atom is 0.341 e. The van der Waals surface area contributed by atoms with Crippen molar-refractivity contribution in [1.82, 2.24) is 5.01 Å². The SMILES string of the molecule is CN(C=C(C(=O)O)C(=O)C(F)F)N=Cc1ccccc1[N+](=O)[O-]. The van der Waals surface area contributed by atoms with Gasteiger partial charge < -0.3 is 5.11 Å². The summed E-state index contributed by atoms with van der Waals surface area (Å²) >= 11 is 0. The summed E-state index contributed by atoms with van der Waals surface area (Å²) in [5, 5.41) is 24.0. The monoisotopic (exact) mass is 327 g/mol. The van der Waals surface area contributed by atoms with E-state index in [1.807, 2.05) is 0 Å². The minimum Gasteiger partial charge on any atom is -0.478 e. The number of carboxylic acid groups (broad SMARTS) is 1. The van der Waals surface area contributed by atoms with Crippen molar-refractivity contribution in [2.24, 2.45) is 5.10 Å². The zero-order valence-corrected chi connectivity index (χ0v) is 11.7. The second-order valence-electron chi connectivity index (χ2n) is 4.15. The summed E-state index contributed by atoms with van der Waals surface area (Å²) in [7, 11) is 1.19. The molecular formula is C13H11F2N3O5. The minimum absolute atomic E-state index is 0.120. The van der Waals surface area contributed by atoms with Gasteiger partial charge in [-0.3, -0.25) is 19.9 Å². The second-order valence-corrected chi connectivity index (χ2v) is 4.15. The molecule has 0 bridgehead atoms. The number of ketones is 1. The van der Waals surface area contributed by atoms with E-state index in [0.29, 0.717) is 6.20 Å². The normalized spacial score (nSPS) is 11.7. The van der Waals surface area contributed by atoms with Crippen LogP contribution in [-0.4, -0.2) is 46.5 Å². The van der Waals surface area contributed by atoms with Gasteiger partial charge in [0.15, 0.2) is 0 Å². The fourth-order valence-corrected chi connectivity index (χ4v) is 1.48. The maximum absolute atomic E-state index is 12.3. The molecule has 1 aromatic rings. The van der Waals surface area contributed by atoms with E-state index < -0.39 is 28.7 Å². The first-order valence-electron chi connectivity index (χ1n) is 6.01. The zero-order valence-electron chi connectivity index (χ0n) is 11.7. The number of nitro benzene ring substituents is 1. The van der Waals surface area contributed by atoms with Crippen molar-refractivity contribution in [2.45, 2.75) is 6.43 Å². The predicted octanol–water partition coefficient (Wildman–Crippen LogP) is 1.66. The largest absolute Gasteiger partial charge is 0.478 e. The molecule has 0 heterocycles. The summed E-state index contributed by atoms with van der Waals surface area (Å²) in [4.78, 5) is 32.1. The number of rotatable bonds is 7. The molecular weight excluding hydrogens is 316 g/mol. The molecule has 0 amide bonds. The van der Waals surface area contributed by atoms with Gasteiger partial charge in [-0.1, -0.05) is 12.1 Å². The summed E-state index contributed by atoms with van der Waals surface area (Å²) in [5.74, 6) is -3.69. The van der Waals surface area contributed by atoms with E-state index >= 15 is 0 Å². The highest BCUT2D eigenvalue weighted by Gasteiger charge is 2.26. The Morgan fingerprint density at radius 2 is 2.00 bits per heavy atom. The smallest absolute Gasteiger partial charge is 0.341 e. The van der Waals surface area contributed by atoms with Crippen LogP contribution in [0.2, 0.25) is 0 Å². The number of halogens is 2. The molecule has 1 rings (SSSR count). The van der Waals surface area contributed by atoms with E-state index in [1.54, 1.807) is 0 Å². The Morgan fingerprint density at radius 1 is 1.39 bits per heavy atom. The van der Waals surface area contributed by atoms with Crippen LogP contribution >= 0.6 is 0 Å². The molecule has 0 atom stereocenters. The highest BCUT2D eigenvalue weighted by atomic mass is 19.3. The van der Waals surface area contributed by atoms with Gasteiger partial charge in [0.25, 0.3) is 5.69 Å². The van der Waals surface area contributed by atoms with Gasteiger partial charge in [0.2, 0.25) is 5.78 Å². The number of nitrogens with zero attached hydrogens (tertiary/aromatic N) is 3. The molecule has 0 aromatic heterocycles. The Morgan fingerprint density at radius 3 is 2.52 bits per heavy atom. The van der Waals surface area contributed by atoms with Crippen LogP contribution in [0.3, 0.4) is 0 Å². The van der Waals surface area contributed by atoms with Crippen LogP contribution in [0.1, 0.15) is 5.56 Å². The number of hydrazone groups is 1. The number of benzene rings is 1. The molecule has 0 spiro atoms. The fraction of sp³-hybridized carbons (Fsp3) is 0.154. The van der Waals surface area contributed by atoms with Gasteiger partial charge in [-0.2, -0.15) is 5.10 Å². The maximum atomic E-state index is 12.3. The summed E-state index contributed by atoms with van der Waals surface area (Å²) < 4.78 is 24.6. The lowest BCUT2D eigenvalue weighted by molar-refractivity contribution is -0.385. The Labute approximate surface area is 128 Å². The van der Waals surface area contributed by atoms with Crippen molar-refractivity contribution in [3.05, 3.63) is 51.7 Å². The standard InChI is InChI=1S/C13H11F2N3O5/c1-17(7-9(13(20)21)11(19)12(14)15)16-6-8-4-2-3-5-10(8)18(22)23/h2-7,12H,1H3,(H,20,21). The number of alkyl halides is 2. The molecule has 23 heavy (non-hydrogen) atoms. The number of carbonyl (C=O) groups is 2. The fourth-order valence-electron chi connectivity index (χ4n) is 1.48. The van der Waals surface area contributed by atoms with E-state index in [2.05, 4.69) is 5.10 Å². The molecule has 0 saturated heterocycles. The van der Waals surface area contributed by atoms with Gasteiger partial charge in [-0.05, 0) is 6.07 Å². The minimum atomic E-state index is -3.47. The molecule has 0 aliphatic carbocycles. The molecule has 0 aliphatic rings. The average molecular weight is 327 g/mol. The zero-order chi connectivity index (χ0) is 17.6. The average Bonchev–Trinajstić information content (AvgIpc) is 2.49. The van der Waals surface area contributed by atoms with Crippen LogP contribution in [0.4, 0.5) is 14.5 Å². The molecule has 0 radical (unpaired) electrons. The van der Waals surface area contributed by atoms with Gasteiger partial charge in [0.1, 0.15) is 5.57 Å². The molecule has 0 saturated carbocycles. The van der Waals surface area contributed by atoms with Crippen molar-refractivity contribution >= 4 is 23.7 Å². The van der Waals surface area contributed by atoms with Gasteiger partial charge in [-0.25, -0.2) is 13.6 Å². The number of aliphatic carboxylic acids is 1. The third-order valence-electron chi connectivity index (χ3n) is 2.52. The van der Waals surface area contributed by atoms with E-state index in [4.69, 9.17) is 5.11 Å². The van der Waals surface area contributed by atoms with Crippen molar-refractivity contribution in [3.63, 3.8) is 0 Å². The van der Waals surface area contributed by atoms with Gasteiger partial charge >= 0.3 is 12.4 Å². The molecule has 8 nitrogen and oxygen atoms in total. The molecule has 1 aromatic carbocycles. The Bertz CT molecular complexity index is 688. The molecule has 0 fully saturated rings. The third-order valence-corrected chi connectivity index (χ3v) is 2.52. The van der Waals surface area contributed by atoms with Crippen LogP contribution in [-0.2, 0) is 9.59 Å². The van der Waals surface area contributed by atoms with Crippen molar-refractivity contribution < 1.29 is 28.4 Å². The van der Waals surface area contributed by atoms with E-state index in [1.165, 1.54) is 31.3 Å². The van der Waals surface area contributed by atoms with E-state index in [-0.39, 0.29) is 11.3 Å². The van der Waals surface area contributed by atoms with Crippen molar-refractivity contribution in [3.8, 4) is 0 Å². The highest BCUT2D eigenvalue weighted by Crippen LogP contribution is 2.15. The Hall–Kier alpha value is -3.17. The predicted molar refractivity (Wildman–Crippen MR) is 75.2 cm³/mol. The highest BCUT2D eigenvalue weighted by molar-refractivity contribution is 6.17. The quantitative estimate of drug-likeness (QED) is 0.203. The Balaban J connectivity index is 3.04. The lowest BCUT2D eigenvalue weighted by atomic mass is 10.2. The number of hydrogen-bond acceptors (Lipinski definition) is 6. The lowest BCUT2D eigenvalue weighted by Gasteiger charge is -2.08. The van der Waals surface area contributed by atoms with E-state index in [0.717, 1.165) is 11.2 Å². The molecule has 122 valence electrons. The third kappa shape index (κ3) is 4.95. The summed E-state index contributed by atoms with van der Waals surface area (Å²) in [5.41, 5.74) is -1.27. The van der Waals surface area contributed by atoms with Crippen molar-refractivity contribution in [2.75, 3.05) is 7.05 Å². The van der Waals surface area contributed by atoms with Crippen LogP contribution in [0, 0.1) is 10.1 Å². The summed E-state index contributed by atoms with van der Waals surface area (Å²) in [6.45, 7) is 0. The lowest BCUT2D eigenvalue weighted by Crippen LogP contribution is -2.21. The van der Waals surface area contributed by atoms with Crippen LogP contribution in [0.25, 0.3) is 0 Å². The second kappa shape index (κ2) is 7.73. The molecule has 10 heteroatoms. The van der Waals surface area contributed by atoms with Crippen molar-refractivity contribution in [1.29, 1.82) is 0 Å². The van der Waals surface area contributed by atoms with E-state index in [9.17, 15) is 28.5 Å². The summed E-state index contributed by atoms with van der Waals surface area (Å²) in [6, 6.07) is 5.60. The molecule has 1 N–H and O–H groups in total. The Kier molecular flexibility index (Phi) is 6.01. The number of carboxylic acids is 1. The molecule has 0 unspecified atom stereocenters. The first-order chi connectivity index (χ1) is 10.7. The van der Waals surface area contributed by atoms with Crippen LogP contribution in [0.15, 0.2) is 41.1 Å².